The minimum atomic E-state index is -0.629. The van der Waals surface area contributed by atoms with E-state index >= 15 is 0 Å². The van der Waals surface area contributed by atoms with Crippen molar-refractivity contribution in [3.8, 4) is 0 Å². The number of hydrogen-bond donors (Lipinski definition) is 2. The lowest BCUT2D eigenvalue weighted by molar-refractivity contribution is -0.122. The van der Waals surface area contributed by atoms with Gasteiger partial charge in [0.2, 0.25) is 5.91 Å². The van der Waals surface area contributed by atoms with Crippen molar-refractivity contribution in [3.05, 3.63) is 28.7 Å². The molecule has 116 valence electrons. The van der Waals surface area contributed by atoms with E-state index in [9.17, 15) is 4.79 Å². The first-order valence-corrected chi connectivity index (χ1v) is 8.41. The highest BCUT2D eigenvalue weighted by Crippen LogP contribution is 2.28. The van der Waals surface area contributed by atoms with Crippen LogP contribution in [0.3, 0.4) is 0 Å². The molecule has 21 heavy (non-hydrogen) atoms. The van der Waals surface area contributed by atoms with E-state index in [1.54, 1.807) is 0 Å². The maximum atomic E-state index is 12.1. The first kappa shape index (κ1) is 16.3. The lowest BCUT2D eigenvalue weighted by Gasteiger charge is -2.32. The Morgan fingerprint density at radius 1 is 1.33 bits per heavy atom. The van der Waals surface area contributed by atoms with Gasteiger partial charge in [0.15, 0.2) is 0 Å². The average molecular weight is 354 g/mol. The van der Waals surface area contributed by atoms with Crippen molar-refractivity contribution in [3.63, 3.8) is 0 Å². The fourth-order valence-corrected chi connectivity index (χ4v) is 3.24. The summed E-state index contributed by atoms with van der Waals surface area (Å²) in [5, 5.41) is 3.40. The summed E-state index contributed by atoms with van der Waals surface area (Å²) in [5.74, 6) is -0.247. The van der Waals surface area contributed by atoms with E-state index in [1.165, 1.54) is 0 Å². The Morgan fingerprint density at radius 2 is 2.05 bits per heavy atom. The molecule has 1 fully saturated rings. The molecule has 1 aromatic rings. The van der Waals surface area contributed by atoms with Crippen LogP contribution in [-0.4, -0.2) is 36.0 Å². The van der Waals surface area contributed by atoms with Gasteiger partial charge in [0.1, 0.15) is 5.54 Å². The maximum absolute atomic E-state index is 12.1. The summed E-state index contributed by atoms with van der Waals surface area (Å²) in [6.45, 7) is 5.24. The summed E-state index contributed by atoms with van der Waals surface area (Å²) in [7, 11) is 0. The number of likely N-dealkylation sites (tertiary alicyclic amines) is 1. The number of hydrogen-bond acceptors (Lipinski definition) is 3. The van der Waals surface area contributed by atoms with Gasteiger partial charge in [0, 0.05) is 16.7 Å². The number of halogens is 1. The number of nitrogens with zero attached hydrogens (tertiary/aromatic N) is 1. The molecule has 0 aliphatic carbocycles. The molecule has 4 nitrogen and oxygen atoms in total. The molecule has 1 amide bonds. The molecule has 1 heterocycles. The molecule has 1 atom stereocenters. The second kappa shape index (κ2) is 7.27. The highest BCUT2D eigenvalue weighted by Gasteiger charge is 2.38. The van der Waals surface area contributed by atoms with Gasteiger partial charge >= 0.3 is 0 Å². The zero-order chi connectivity index (χ0) is 15.3. The minimum absolute atomic E-state index is 0.247. The third-order valence-electron chi connectivity index (χ3n) is 4.17. The van der Waals surface area contributed by atoms with Crippen molar-refractivity contribution < 1.29 is 4.79 Å². The Balaban J connectivity index is 2.13. The molecule has 1 aromatic carbocycles. The second-order valence-corrected chi connectivity index (χ2v) is 6.69. The lowest BCUT2D eigenvalue weighted by Crippen LogP contribution is -2.51. The van der Waals surface area contributed by atoms with Crippen LogP contribution in [0, 0.1) is 0 Å². The molecule has 5 heteroatoms. The van der Waals surface area contributed by atoms with Gasteiger partial charge in [-0.05, 0) is 63.0 Å². The van der Waals surface area contributed by atoms with Gasteiger partial charge in [-0.1, -0.05) is 22.9 Å². The highest BCUT2D eigenvalue weighted by atomic mass is 79.9. The molecular weight excluding hydrogens is 330 g/mol. The van der Waals surface area contributed by atoms with Crippen molar-refractivity contribution in [2.24, 2.45) is 5.73 Å². The van der Waals surface area contributed by atoms with Crippen LogP contribution in [0.25, 0.3) is 0 Å². The number of carbonyl (C=O) groups excluding carboxylic acids is 1. The van der Waals surface area contributed by atoms with Crippen LogP contribution in [0.4, 0.5) is 5.69 Å². The zero-order valence-electron chi connectivity index (χ0n) is 12.6. The Morgan fingerprint density at radius 3 is 2.67 bits per heavy atom. The van der Waals surface area contributed by atoms with E-state index in [-0.39, 0.29) is 5.91 Å². The predicted octanol–water partition coefficient (Wildman–Crippen LogP) is 2.98. The fourth-order valence-electron chi connectivity index (χ4n) is 2.97. The first-order chi connectivity index (χ1) is 10.1. The van der Waals surface area contributed by atoms with Crippen molar-refractivity contribution in [1.29, 1.82) is 0 Å². The van der Waals surface area contributed by atoms with Gasteiger partial charge in [-0.2, -0.15) is 0 Å². The number of carbonyl (C=O) groups is 1. The zero-order valence-corrected chi connectivity index (χ0v) is 14.2. The van der Waals surface area contributed by atoms with E-state index in [4.69, 9.17) is 5.73 Å². The molecule has 0 spiro atoms. The summed E-state index contributed by atoms with van der Waals surface area (Å²) in [4.78, 5) is 14.5. The van der Waals surface area contributed by atoms with Crippen molar-refractivity contribution in [2.75, 3.05) is 25.0 Å². The molecule has 0 aromatic heterocycles. The van der Waals surface area contributed by atoms with E-state index in [2.05, 4.69) is 33.1 Å². The van der Waals surface area contributed by atoms with Crippen LogP contribution in [0.5, 0.6) is 0 Å². The van der Waals surface area contributed by atoms with Gasteiger partial charge in [-0.25, -0.2) is 0 Å². The highest BCUT2D eigenvalue weighted by molar-refractivity contribution is 9.10. The average Bonchev–Trinajstić information content (AvgIpc) is 2.66. The minimum Gasteiger partial charge on any atom is -0.371 e. The standard InChI is InChI=1S/C16H24BrN3O/c1-2-10-20-11-3-8-16(9-12-20,15(18)21)19-14-6-4-13(17)5-7-14/h4-7,19H,2-3,8-12H2,1H3,(H2,18,21). The summed E-state index contributed by atoms with van der Waals surface area (Å²) < 4.78 is 1.02. The Kier molecular flexibility index (Phi) is 5.65. The number of nitrogens with one attached hydrogen (secondary N) is 1. The molecule has 1 aliphatic rings. The third kappa shape index (κ3) is 4.20. The first-order valence-electron chi connectivity index (χ1n) is 7.62. The number of rotatable bonds is 5. The molecule has 1 saturated heterocycles. The van der Waals surface area contributed by atoms with Gasteiger partial charge in [-0.15, -0.1) is 0 Å². The van der Waals surface area contributed by atoms with Gasteiger partial charge in [0.25, 0.3) is 0 Å². The van der Waals surface area contributed by atoms with Crippen molar-refractivity contribution >= 4 is 27.5 Å². The quantitative estimate of drug-likeness (QED) is 0.855. The number of amides is 1. The largest absolute Gasteiger partial charge is 0.371 e. The number of benzene rings is 1. The predicted molar refractivity (Wildman–Crippen MR) is 90.3 cm³/mol. The molecule has 0 saturated carbocycles. The maximum Gasteiger partial charge on any atom is 0.243 e. The van der Waals surface area contributed by atoms with Crippen LogP contribution in [-0.2, 0) is 4.79 Å². The second-order valence-electron chi connectivity index (χ2n) is 5.77. The fraction of sp³-hybridized carbons (Fsp3) is 0.562. The van der Waals surface area contributed by atoms with Crippen LogP contribution < -0.4 is 11.1 Å². The molecule has 0 bridgehead atoms. The normalized spacial score (nSPS) is 23.5. The van der Waals surface area contributed by atoms with E-state index in [0.29, 0.717) is 0 Å². The van der Waals surface area contributed by atoms with Crippen LogP contribution in [0.1, 0.15) is 32.6 Å². The van der Waals surface area contributed by atoms with Gasteiger partial charge < -0.3 is 16.0 Å². The molecule has 1 aliphatic heterocycles. The van der Waals surface area contributed by atoms with Crippen LogP contribution in [0.2, 0.25) is 0 Å². The lowest BCUT2D eigenvalue weighted by atomic mass is 9.89. The molecule has 0 radical (unpaired) electrons. The monoisotopic (exact) mass is 353 g/mol. The van der Waals surface area contributed by atoms with Crippen molar-refractivity contribution in [2.45, 2.75) is 38.1 Å². The number of anilines is 1. The Hall–Kier alpha value is -1.07. The van der Waals surface area contributed by atoms with Gasteiger partial charge in [0.05, 0.1) is 0 Å². The Bertz CT molecular complexity index is 477. The number of primary amides is 1. The van der Waals surface area contributed by atoms with Crippen LogP contribution in [0.15, 0.2) is 28.7 Å². The summed E-state index contributed by atoms with van der Waals surface area (Å²) in [6.07, 6.45) is 3.69. The SMILES string of the molecule is CCCN1CCCC(Nc2ccc(Br)cc2)(C(N)=O)CC1. The van der Waals surface area contributed by atoms with E-state index < -0.39 is 5.54 Å². The summed E-state index contributed by atoms with van der Waals surface area (Å²) in [5.41, 5.74) is 6.06. The smallest absolute Gasteiger partial charge is 0.243 e. The Labute approximate surface area is 135 Å². The van der Waals surface area contributed by atoms with Crippen molar-refractivity contribution in [1.82, 2.24) is 4.90 Å². The third-order valence-corrected chi connectivity index (χ3v) is 4.70. The molecule has 1 unspecified atom stereocenters. The molecule has 2 rings (SSSR count). The molecular formula is C16H24BrN3O. The van der Waals surface area contributed by atoms with Crippen LogP contribution >= 0.6 is 15.9 Å². The van der Waals surface area contributed by atoms with Gasteiger partial charge in [-0.3, -0.25) is 4.79 Å². The topological polar surface area (TPSA) is 58.4 Å². The van der Waals surface area contributed by atoms with E-state index in [1.807, 2.05) is 24.3 Å². The van der Waals surface area contributed by atoms with E-state index in [0.717, 1.165) is 55.5 Å². The summed E-state index contributed by atoms with van der Waals surface area (Å²) >= 11 is 3.42. The summed E-state index contributed by atoms with van der Waals surface area (Å²) in [6, 6.07) is 7.89. The molecule has 3 N–H and O–H groups in total. The number of nitrogens with two attached hydrogens (primary N) is 1.